The summed E-state index contributed by atoms with van der Waals surface area (Å²) in [7, 11) is 0. The highest BCUT2D eigenvalue weighted by atomic mass is 35.5. The van der Waals surface area contributed by atoms with Crippen molar-refractivity contribution in [2.45, 2.75) is 13.8 Å². The molecule has 0 heterocycles. The number of halogens is 1. The van der Waals surface area contributed by atoms with Gasteiger partial charge in [0, 0.05) is 11.1 Å². The van der Waals surface area contributed by atoms with Crippen LogP contribution in [0.15, 0.2) is 36.4 Å². The summed E-state index contributed by atoms with van der Waals surface area (Å²) in [5.74, 6) is -0.0928. The molecule has 2 N–H and O–H groups in total. The normalized spacial score (nSPS) is 10.4. The van der Waals surface area contributed by atoms with E-state index in [0.29, 0.717) is 21.8 Å². The number of nitrogen functional groups attached to an aromatic ring is 1. The summed E-state index contributed by atoms with van der Waals surface area (Å²) in [5, 5.41) is 0.322. The van der Waals surface area contributed by atoms with E-state index >= 15 is 0 Å². The molecule has 2 aromatic rings. The number of ketones is 1. The highest BCUT2D eigenvalue weighted by Gasteiger charge is 2.15. The minimum atomic E-state index is -0.0928. The monoisotopic (exact) mass is 259 g/mol. The maximum absolute atomic E-state index is 12.4. The summed E-state index contributed by atoms with van der Waals surface area (Å²) in [6.45, 7) is 3.91. The molecular weight excluding hydrogens is 246 g/mol. The molecule has 2 aromatic carbocycles. The van der Waals surface area contributed by atoms with Crippen LogP contribution in [0.5, 0.6) is 0 Å². The number of aryl methyl sites for hydroxylation is 2. The van der Waals surface area contributed by atoms with Crippen LogP contribution in [0, 0.1) is 13.8 Å². The number of hydrogen-bond donors (Lipinski definition) is 1. The summed E-state index contributed by atoms with van der Waals surface area (Å²) in [4.78, 5) is 12.4. The molecule has 18 heavy (non-hydrogen) atoms. The number of carbonyl (C=O) groups excluding carboxylic acids is 1. The second kappa shape index (κ2) is 4.83. The van der Waals surface area contributed by atoms with Crippen LogP contribution < -0.4 is 5.73 Å². The Bertz CT molecular complexity index is 620. The van der Waals surface area contributed by atoms with Gasteiger partial charge < -0.3 is 5.73 Å². The molecule has 0 aliphatic carbocycles. The first-order valence-electron chi connectivity index (χ1n) is 5.66. The second-order valence-corrected chi connectivity index (χ2v) is 4.73. The van der Waals surface area contributed by atoms with Crippen LogP contribution in [-0.4, -0.2) is 5.78 Å². The standard InChI is InChI=1S/C15H14ClNO/c1-9-6-7-11(10(2)8-9)15(18)12-4-3-5-13(17)14(12)16/h3-8H,17H2,1-2H3. The molecule has 92 valence electrons. The molecule has 0 aliphatic heterocycles. The Hall–Kier alpha value is -1.80. The molecule has 2 rings (SSSR count). The van der Waals surface area contributed by atoms with E-state index < -0.39 is 0 Å². The number of rotatable bonds is 2. The van der Waals surface area contributed by atoms with Crippen molar-refractivity contribution >= 4 is 23.1 Å². The van der Waals surface area contributed by atoms with Crippen LogP contribution in [0.3, 0.4) is 0 Å². The molecule has 0 aliphatic rings. The topological polar surface area (TPSA) is 43.1 Å². The molecule has 0 saturated heterocycles. The van der Waals surface area contributed by atoms with Gasteiger partial charge in [0.25, 0.3) is 0 Å². The van der Waals surface area contributed by atoms with Crippen molar-refractivity contribution in [2.24, 2.45) is 0 Å². The van der Waals surface area contributed by atoms with E-state index in [1.807, 2.05) is 32.0 Å². The van der Waals surface area contributed by atoms with Gasteiger partial charge in [0.05, 0.1) is 10.7 Å². The molecule has 2 nitrogen and oxygen atoms in total. The van der Waals surface area contributed by atoms with Crippen LogP contribution in [0.4, 0.5) is 5.69 Å². The summed E-state index contributed by atoms with van der Waals surface area (Å²) in [5.41, 5.74) is 9.32. The highest BCUT2D eigenvalue weighted by molar-refractivity contribution is 6.37. The Morgan fingerprint density at radius 1 is 1.11 bits per heavy atom. The molecule has 3 heteroatoms. The van der Waals surface area contributed by atoms with Crippen molar-refractivity contribution in [3.8, 4) is 0 Å². The molecule has 0 fully saturated rings. The Kier molecular flexibility index (Phi) is 3.39. The fraction of sp³-hybridized carbons (Fsp3) is 0.133. The van der Waals surface area contributed by atoms with E-state index in [2.05, 4.69) is 0 Å². The van der Waals surface area contributed by atoms with Crippen molar-refractivity contribution in [3.63, 3.8) is 0 Å². The molecular formula is C15H14ClNO. The molecule has 0 saturated carbocycles. The predicted octanol–water partition coefficient (Wildman–Crippen LogP) is 3.77. The number of carbonyl (C=O) groups is 1. The van der Waals surface area contributed by atoms with Gasteiger partial charge in [-0.25, -0.2) is 0 Å². The van der Waals surface area contributed by atoms with Gasteiger partial charge >= 0.3 is 0 Å². The fourth-order valence-electron chi connectivity index (χ4n) is 1.94. The van der Waals surface area contributed by atoms with Crippen molar-refractivity contribution in [1.29, 1.82) is 0 Å². The summed E-state index contributed by atoms with van der Waals surface area (Å²) < 4.78 is 0. The van der Waals surface area contributed by atoms with Crippen LogP contribution in [-0.2, 0) is 0 Å². The van der Waals surface area contributed by atoms with Crippen LogP contribution in [0.25, 0.3) is 0 Å². The van der Waals surface area contributed by atoms with Crippen LogP contribution in [0.2, 0.25) is 5.02 Å². The van der Waals surface area contributed by atoms with Gasteiger partial charge in [0.1, 0.15) is 0 Å². The van der Waals surface area contributed by atoms with Gasteiger partial charge in [-0.1, -0.05) is 41.4 Å². The van der Waals surface area contributed by atoms with Crippen molar-refractivity contribution in [2.75, 3.05) is 5.73 Å². The first-order chi connectivity index (χ1) is 8.50. The lowest BCUT2D eigenvalue weighted by molar-refractivity contribution is 0.103. The lowest BCUT2D eigenvalue weighted by Crippen LogP contribution is -2.05. The summed E-state index contributed by atoms with van der Waals surface area (Å²) in [6, 6.07) is 10.8. The Balaban J connectivity index is 2.51. The van der Waals surface area contributed by atoms with Gasteiger partial charge in [-0.3, -0.25) is 4.79 Å². The molecule has 0 radical (unpaired) electrons. The number of hydrogen-bond acceptors (Lipinski definition) is 2. The van der Waals surface area contributed by atoms with E-state index in [4.69, 9.17) is 17.3 Å². The van der Waals surface area contributed by atoms with Gasteiger partial charge in [-0.15, -0.1) is 0 Å². The first kappa shape index (κ1) is 12.7. The zero-order chi connectivity index (χ0) is 13.3. The largest absolute Gasteiger partial charge is 0.398 e. The van der Waals surface area contributed by atoms with Crippen LogP contribution >= 0.6 is 11.6 Å². The first-order valence-corrected chi connectivity index (χ1v) is 6.04. The number of benzene rings is 2. The molecule has 0 unspecified atom stereocenters. The zero-order valence-electron chi connectivity index (χ0n) is 10.3. The third kappa shape index (κ3) is 2.24. The minimum absolute atomic E-state index is 0.0928. The maximum atomic E-state index is 12.4. The third-order valence-electron chi connectivity index (χ3n) is 2.90. The average Bonchev–Trinajstić information content (AvgIpc) is 2.32. The fourth-order valence-corrected chi connectivity index (χ4v) is 2.15. The van der Waals surface area contributed by atoms with Crippen molar-refractivity contribution in [1.82, 2.24) is 0 Å². The van der Waals surface area contributed by atoms with Gasteiger partial charge in [0.2, 0.25) is 0 Å². The van der Waals surface area contributed by atoms with Crippen molar-refractivity contribution < 1.29 is 4.79 Å². The van der Waals surface area contributed by atoms with Gasteiger partial charge in [0.15, 0.2) is 5.78 Å². The molecule has 0 amide bonds. The van der Waals surface area contributed by atoms with E-state index in [9.17, 15) is 4.79 Å². The smallest absolute Gasteiger partial charge is 0.194 e. The van der Waals surface area contributed by atoms with E-state index in [1.54, 1.807) is 18.2 Å². The van der Waals surface area contributed by atoms with E-state index in [-0.39, 0.29) is 5.78 Å². The van der Waals surface area contributed by atoms with Crippen molar-refractivity contribution in [3.05, 3.63) is 63.7 Å². The third-order valence-corrected chi connectivity index (χ3v) is 3.32. The zero-order valence-corrected chi connectivity index (χ0v) is 11.1. The van der Waals surface area contributed by atoms with E-state index in [0.717, 1.165) is 11.1 Å². The number of nitrogens with two attached hydrogens (primary N) is 1. The quantitative estimate of drug-likeness (QED) is 0.659. The SMILES string of the molecule is Cc1ccc(C(=O)c2cccc(N)c2Cl)c(C)c1. The molecule has 0 aromatic heterocycles. The van der Waals surface area contributed by atoms with Gasteiger partial charge in [-0.2, -0.15) is 0 Å². The Morgan fingerprint density at radius 3 is 2.50 bits per heavy atom. The number of anilines is 1. The molecule has 0 bridgehead atoms. The Labute approximate surface area is 111 Å². The lowest BCUT2D eigenvalue weighted by Gasteiger charge is -2.08. The predicted molar refractivity (Wildman–Crippen MR) is 75.2 cm³/mol. The average molecular weight is 260 g/mol. The van der Waals surface area contributed by atoms with Crippen LogP contribution in [0.1, 0.15) is 27.0 Å². The highest BCUT2D eigenvalue weighted by Crippen LogP contribution is 2.26. The summed E-state index contributed by atoms with van der Waals surface area (Å²) >= 11 is 6.08. The molecule has 0 spiro atoms. The van der Waals surface area contributed by atoms with Gasteiger partial charge in [-0.05, 0) is 31.5 Å². The lowest BCUT2D eigenvalue weighted by atomic mass is 9.97. The minimum Gasteiger partial charge on any atom is -0.398 e. The summed E-state index contributed by atoms with van der Waals surface area (Å²) in [6.07, 6.45) is 0. The maximum Gasteiger partial charge on any atom is 0.194 e. The Morgan fingerprint density at radius 2 is 1.83 bits per heavy atom. The molecule has 0 atom stereocenters. The second-order valence-electron chi connectivity index (χ2n) is 4.36. The van der Waals surface area contributed by atoms with E-state index in [1.165, 1.54) is 0 Å².